The summed E-state index contributed by atoms with van der Waals surface area (Å²) in [6, 6.07) is 6.21. The molecule has 0 aliphatic carbocycles. The summed E-state index contributed by atoms with van der Waals surface area (Å²) in [7, 11) is 0. The molecule has 0 bridgehead atoms. The van der Waals surface area contributed by atoms with Gasteiger partial charge in [0.25, 0.3) is 0 Å². The number of hydrogen-bond donors (Lipinski definition) is 2. The van der Waals surface area contributed by atoms with Gasteiger partial charge < -0.3 is 11.1 Å². The molecule has 2 rings (SSSR count). The van der Waals surface area contributed by atoms with Crippen LogP contribution in [0.2, 0.25) is 0 Å². The molecule has 0 aliphatic rings. The van der Waals surface area contributed by atoms with E-state index in [9.17, 15) is 4.39 Å². The van der Waals surface area contributed by atoms with Gasteiger partial charge in [-0.2, -0.15) is 5.26 Å². The summed E-state index contributed by atoms with van der Waals surface area (Å²) in [6.45, 7) is 3.91. The van der Waals surface area contributed by atoms with Gasteiger partial charge in [-0.1, -0.05) is 19.9 Å². The van der Waals surface area contributed by atoms with E-state index in [1.807, 2.05) is 19.9 Å². The Hall–Kier alpha value is -2.68. The molecule has 6 heteroatoms. The van der Waals surface area contributed by atoms with Gasteiger partial charge in [-0.3, -0.25) is 0 Å². The van der Waals surface area contributed by atoms with E-state index < -0.39 is 5.82 Å². The van der Waals surface area contributed by atoms with Crippen LogP contribution >= 0.6 is 0 Å². The van der Waals surface area contributed by atoms with Crippen LogP contribution in [0, 0.1) is 17.1 Å². The molecule has 1 heterocycles. The first-order valence-electron chi connectivity index (χ1n) is 6.10. The number of hydrogen-bond acceptors (Lipinski definition) is 5. The van der Waals surface area contributed by atoms with Crippen LogP contribution in [0.5, 0.6) is 0 Å². The highest BCUT2D eigenvalue weighted by atomic mass is 19.1. The molecule has 0 saturated carbocycles. The molecular formula is C14H14FN5. The van der Waals surface area contributed by atoms with Gasteiger partial charge in [0.15, 0.2) is 0 Å². The summed E-state index contributed by atoms with van der Waals surface area (Å²) >= 11 is 0. The molecule has 0 spiro atoms. The maximum absolute atomic E-state index is 13.6. The van der Waals surface area contributed by atoms with E-state index in [1.165, 1.54) is 18.5 Å². The van der Waals surface area contributed by atoms with Crippen molar-refractivity contribution in [2.24, 2.45) is 0 Å². The number of nitrogens with one attached hydrogen (secondary N) is 1. The van der Waals surface area contributed by atoms with Crippen molar-refractivity contribution in [2.45, 2.75) is 19.8 Å². The van der Waals surface area contributed by atoms with Crippen molar-refractivity contribution in [3.63, 3.8) is 0 Å². The van der Waals surface area contributed by atoms with Gasteiger partial charge in [-0.15, -0.1) is 0 Å². The summed E-state index contributed by atoms with van der Waals surface area (Å²) in [5.74, 6) is 0.366. The van der Waals surface area contributed by atoms with E-state index in [0.29, 0.717) is 17.3 Å². The molecule has 102 valence electrons. The minimum atomic E-state index is -0.578. The van der Waals surface area contributed by atoms with Gasteiger partial charge >= 0.3 is 0 Å². The first kappa shape index (κ1) is 13.7. The van der Waals surface area contributed by atoms with Gasteiger partial charge in [0, 0.05) is 5.56 Å². The summed E-state index contributed by atoms with van der Waals surface area (Å²) in [6.07, 6.45) is 1.33. The normalized spacial score (nSPS) is 10.3. The van der Waals surface area contributed by atoms with Crippen molar-refractivity contribution in [1.82, 2.24) is 9.97 Å². The fraction of sp³-hybridized carbons (Fsp3) is 0.214. The largest absolute Gasteiger partial charge is 0.383 e. The predicted molar refractivity (Wildman–Crippen MR) is 74.9 cm³/mol. The number of aromatic nitrogens is 2. The molecule has 3 N–H and O–H groups in total. The minimum absolute atomic E-state index is 0.0561. The fourth-order valence-corrected chi connectivity index (χ4v) is 1.95. The lowest BCUT2D eigenvalue weighted by molar-refractivity contribution is 0.624. The predicted octanol–water partition coefficient (Wildman–Crippen LogP) is 2.94. The number of nitrogen functional groups attached to an aromatic ring is 1. The van der Waals surface area contributed by atoms with Gasteiger partial charge in [-0.25, -0.2) is 14.4 Å². The van der Waals surface area contributed by atoms with Crippen LogP contribution in [0.1, 0.15) is 30.9 Å². The van der Waals surface area contributed by atoms with E-state index in [-0.39, 0.29) is 11.5 Å². The molecular weight excluding hydrogens is 257 g/mol. The van der Waals surface area contributed by atoms with Gasteiger partial charge in [-0.05, 0) is 18.1 Å². The van der Waals surface area contributed by atoms with E-state index in [0.717, 1.165) is 5.56 Å². The Morgan fingerprint density at radius 3 is 2.75 bits per heavy atom. The van der Waals surface area contributed by atoms with Crippen molar-refractivity contribution >= 4 is 17.3 Å². The molecule has 0 atom stereocenters. The zero-order chi connectivity index (χ0) is 14.7. The highest BCUT2D eigenvalue weighted by Gasteiger charge is 2.15. The highest BCUT2D eigenvalue weighted by molar-refractivity contribution is 5.69. The fourth-order valence-electron chi connectivity index (χ4n) is 1.95. The molecule has 0 amide bonds. The Labute approximate surface area is 116 Å². The Kier molecular flexibility index (Phi) is 3.80. The third-order valence-corrected chi connectivity index (χ3v) is 2.87. The average molecular weight is 271 g/mol. The molecule has 0 saturated heterocycles. The standard InChI is InChI=1S/C14H14FN5/c1-8(2)12-13(17)18-7-19-14(12)20-11-5-3-4-10(15)9(11)6-16/h3-5,7-8H,1-2H3,(H3,17,18,19,20). The first-order chi connectivity index (χ1) is 9.54. The summed E-state index contributed by atoms with van der Waals surface area (Å²) in [5.41, 5.74) is 6.88. The molecule has 0 radical (unpaired) electrons. The lowest BCUT2D eigenvalue weighted by atomic mass is 10.0. The van der Waals surface area contributed by atoms with E-state index in [1.54, 1.807) is 6.07 Å². The van der Waals surface area contributed by atoms with Gasteiger partial charge in [0.1, 0.15) is 35.4 Å². The second-order valence-electron chi connectivity index (χ2n) is 4.58. The summed E-state index contributed by atoms with van der Waals surface area (Å²) in [4.78, 5) is 8.08. The Morgan fingerprint density at radius 2 is 2.10 bits per heavy atom. The number of nitrogens with zero attached hydrogens (tertiary/aromatic N) is 3. The molecule has 0 aliphatic heterocycles. The van der Waals surface area contributed by atoms with Crippen LogP contribution in [0.25, 0.3) is 0 Å². The lowest BCUT2D eigenvalue weighted by Gasteiger charge is -2.15. The van der Waals surface area contributed by atoms with Crippen LogP contribution in [0.4, 0.5) is 21.7 Å². The molecule has 20 heavy (non-hydrogen) atoms. The van der Waals surface area contributed by atoms with Crippen LogP contribution in [0.15, 0.2) is 24.5 Å². The highest BCUT2D eigenvalue weighted by Crippen LogP contribution is 2.30. The maximum atomic E-state index is 13.6. The topological polar surface area (TPSA) is 87.6 Å². The third kappa shape index (κ3) is 2.52. The van der Waals surface area contributed by atoms with Crippen molar-refractivity contribution in [3.8, 4) is 6.07 Å². The van der Waals surface area contributed by atoms with Gasteiger partial charge in [0.2, 0.25) is 0 Å². The second-order valence-corrected chi connectivity index (χ2v) is 4.58. The first-order valence-corrected chi connectivity index (χ1v) is 6.10. The van der Waals surface area contributed by atoms with Gasteiger partial charge in [0.05, 0.1) is 5.69 Å². The smallest absolute Gasteiger partial charge is 0.143 e. The molecule has 2 aromatic rings. The number of benzene rings is 1. The van der Waals surface area contributed by atoms with Crippen LogP contribution in [-0.4, -0.2) is 9.97 Å². The third-order valence-electron chi connectivity index (χ3n) is 2.87. The zero-order valence-corrected chi connectivity index (χ0v) is 11.2. The maximum Gasteiger partial charge on any atom is 0.143 e. The second kappa shape index (κ2) is 5.53. The summed E-state index contributed by atoms with van der Waals surface area (Å²) in [5, 5.41) is 12.0. The van der Waals surface area contributed by atoms with Crippen LogP contribution in [-0.2, 0) is 0 Å². The molecule has 1 aromatic heterocycles. The Bertz CT molecular complexity index is 676. The number of nitrogens with two attached hydrogens (primary N) is 1. The molecule has 1 aromatic carbocycles. The quantitative estimate of drug-likeness (QED) is 0.896. The number of anilines is 3. The van der Waals surface area contributed by atoms with Crippen molar-refractivity contribution < 1.29 is 4.39 Å². The number of rotatable bonds is 3. The SMILES string of the molecule is CC(C)c1c(N)ncnc1Nc1cccc(F)c1C#N. The Morgan fingerprint density at radius 1 is 1.35 bits per heavy atom. The van der Waals surface area contributed by atoms with Crippen molar-refractivity contribution in [1.29, 1.82) is 5.26 Å². The Balaban J connectivity index is 2.49. The minimum Gasteiger partial charge on any atom is -0.383 e. The number of nitriles is 1. The van der Waals surface area contributed by atoms with Crippen LogP contribution in [0.3, 0.4) is 0 Å². The van der Waals surface area contributed by atoms with Crippen molar-refractivity contribution in [3.05, 3.63) is 41.5 Å². The zero-order valence-electron chi connectivity index (χ0n) is 11.2. The monoisotopic (exact) mass is 271 g/mol. The van der Waals surface area contributed by atoms with E-state index >= 15 is 0 Å². The molecule has 0 fully saturated rings. The number of halogens is 1. The average Bonchev–Trinajstić information content (AvgIpc) is 2.38. The lowest BCUT2D eigenvalue weighted by Crippen LogP contribution is -2.07. The molecule has 0 unspecified atom stereocenters. The summed E-state index contributed by atoms with van der Waals surface area (Å²) < 4.78 is 13.6. The van der Waals surface area contributed by atoms with E-state index in [2.05, 4.69) is 15.3 Å². The van der Waals surface area contributed by atoms with Crippen LogP contribution < -0.4 is 11.1 Å². The van der Waals surface area contributed by atoms with Crippen molar-refractivity contribution in [2.75, 3.05) is 11.1 Å². The van der Waals surface area contributed by atoms with E-state index in [4.69, 9.17) is 11.0 Å². The molecule has 5 nitrogen and oxygen atoms in total.